The van der Waals surface area contributed by atoms with Crippen LogP contribution >= 0.6 is 0 Å². The zero-order valence-corrected chi connectivity index (χ0v) is 16.9. The van der Waals surface area contributed by atoms with Gasteiger partial charge in [-0.2, -0.15) is 0 Å². The number of benzene rings is 2. The molecule has 0 fully saturated rings. The summed E-state index contributed by atoms with van der Waals surface area (Å²) in [6.45, 7) is 3.19. The number of anilines is 1. The van der Waals surface area contributed by atoms with E-state index >= 15 is 0 Å². The number of aromatic nitrogens is 2. The maximum absolute atomic E-state index is 12.7. The van der Waals surface area contributed by atoms with Crippen molar-refractivity contribution in [3.8, 4) is 0 Å². The van der Waals surface area contributed by atoms with E-state index in [0.29, 0.717) is 11.0 Å². The maximum Gasteiger partial charge on any atom is 0.244 e. The van der Waals surface area contributed by atoms with Gasteiger partial charge in [0.15, 0.2) is 0 Å². The molecule has 0 saturated heterocycles. The molecule has 0 radical (unpaired) electrons. The lowest BCUT2D eigenvalue weighted by Crippen LogP contribution is -2.23. The third-order valence-electron chi connectivity index (χ3n) is 4.17. The molecule has 8 heteroatoms. The van der Waals surface area contributed by atoms with Gasteiger partial charge in [0.25, 0.3) is 0 Å². The largest absolute Gasteiger partial charge is 0.368 e. The van der Waals surface area contributed by atoms with Gasteiger partial charge in [0.1, 0.15) is 0 Å². The topological polar surface area (TPSA) is 95.1 Å². The normalized spacial score (nSPS) is 14.0. The van der Waals surface area contributed by atoms with Crippen molar-refractivity contribution in [3.05, 3.63) is 65.1 Å². The SMILES string of the molecule is CC(C)S(=O)(=O)n1c(N)nc2ccc(/C(=C/S(C)=O)c3ccccc3)cc21. The Hall–Kier alpha value is -2.45. The highest BCUT2D eigenvalue weighted by Gasteiger charge is 2.24. The number of hydrogen-bond donors (Lipinski definition) is 1. The Kier molecular flexibility index (Phi) is 5.21. The summed E-state index contributed by atoms with van der Waals surface area (Å²) in [6, 6.07) is 14.8. The second-order valence-corrected chi connectivity index (χ2v) is 10.00. The molecule has 0 aliphatic rings. The first-order valence-electron chi connectivity index (χ1n) is 8.34. The van der Waals surface area contributed by atoms with Gasteiger partial charge in [-0.1, -0.05) is 36.4 Å². The van der Waals surface area contributed by atoms with E-state index in [-0.39, 0.29) is 5.95 Å². The van der Waals surface area contributed by atoms with Crippen LogP contribution < -0.4 is 5.73 Å². The van der Waals surface area contributed by atoms with Crippen LogP contribution in [0.15, 0.2) is 53.9 Å². The molecule has 0 amide bonds. The fourth-order valence-electron chi connectivity index (χ4n) is 2.81. The van der Waals surface area contributed by atoms with Crippen molar-refractivity contribution in [2.24, 2.45) is 0 Å². The number of imidazole rings is 1. The zero-order valence-electron chi connectivity index (χ0n) is 15.3. The quantitative estimate of drug-likeness (QED) is 0.707. The van der Waals surface area contributed by atoms with Gasteiger partial charge < -0.3 is 5.73 Å². The van der Waals surface area contributed by atoms with Gasteiger partial charge in [-0.3, -0.25) is 4.21 Å². The summed E-state index contributed by atoms with van der Waals surface area (Å²) in [7, 11) is -4.85. The number of nitrogen functional groups attached to an aromatic ring is 1. The number of nitrogens with zero attached hydrogens (tertiary/aromatic N) is 2. The van der Waals surface area contributed by atoms with Crippen LogP contribution in [0.2, 0.25) is 0 Å². The average Bonchev–Trinajstić information content (AvgIpc) is 2.95. The van der Waals surface area contributed by atoms with Crippen molar-refractivity contribution in [3.63, 3.8) is 0 Å². The van der Waals surface area contributed by atoms with Gasteiger partial charge in [0.05, 0.1) is 16.3 Å². The average molecular weight is 404 g/mol. The van der Waals surface area contributed by atoms with Gasteiger partial charge in [-0.05, 0) is 42.7 Å². The molecule has 6 nitrogen and oxygen atoms in total. The van der Waals surface area contributed by atoms with E-state index in [2.05, 4.69) is 4.98 Å². The predicted molar refractivity (Wildman–Crippen MR) is 111 cm³/mol. The fraction of sp³-hybridized carbons (Fsp3) is 0.211. The van der Waals surface area contributed by atoms with E-state index in [9.17, 15) is 12.6 Å². The lowest BCUT2D eigenvalue weighted by Gasteiger charge is -2.12. The highest BCUT2D eigenvalue weighted by Crippen LogP contribution is 2.29. The van der Waals surface area contributed by atoms with Crippen LogP contribution in [0.1, 0.15) is 25.0 Å². The van der Waals surface area contributed by atoms with E-state index in [4.69, 9.17) is 5.73 Å². The maximum atomic E-state index is 12.7. The van der Waals surface area contributed by atoms with Gasteiger partial charge in [0, 0.05) is 22.5 Å². The molecule has 142 valence electrons. The van der Waals surface area contributed by atoms with Crippen LogP contribution in [0.3, 0.4) is 0 Å². The molecule has 2 aromatic carbocycles. The van der Waals surface area contributed by atoms with Crippen molar-refractivity contribution in [1.29, 1.82) is 0 Å². The molecular weight excluding hydrogens is 382 g/mol. The lowest BCUT2D eigenvalue weighted by molar-refractivity contribution is 0.580. The fourth-order valence-corrected chi connectivity index (χ4v) is 4.55. The summed E-state index contributed by atoms with van der Waals surface area (Å²) in [4.78, 5) is 4.18. The first-order valence-corrected chi connectivity index (χ1v) is 11.5. The summed E-state index contributed by atoms with van der Waals surface area (Å²) in [6.07, 6.45) is 1.59. The molecule has 27 heavy (non-hydrogen) atoms. The monoisotopic (exact) mass is 403 g/mol. The van der Waals surface area contributed by atoms with E-state index in [0.717, 1.165) is 20.7 Å². The Bertz CT molecular complexity index is 1150. The Morgan fingerprint density at radius 1 is 1.15 bits per heavy atom. The van der Waals surface area contributed by atoms with Crippen LogP contribution in [0.25, 0.3) is 16.6 Å². The van der Waals surface area contributed by atoms with Crippen LogP contribution in [0, 0.1) is 0 Å². The second-order valence-electron chi connectivity index (χ2n) is 6.43. The Morgan fingerprint density at radius 3 is 2.41 bits per heavy atom. The number of fused-ring (bicyclic) bond motifs is 1. The van der Waals surface area contributed by atoms with E-state index < -0.39 is 26.1 Å². The van der Waals surface area contributed by atoms with Crippen LogP contribution in [-0.4, -0.2) is 33.1 Å². The van der Waals surface area contributed by atoms with Gasteiger partial charge in [-0.15, -0.1) is 0 Å². The smallest absolute Gasteiger partial charge is 0.244 e. The van der Waals surface area contributed by atoms with Crippen LogP contribution in [0.5, 0.6) is 0 Å². The van der Waals surface area contributed by atoms with Crippen molar-refractivity contribution >= 4 is 43.4 Å². The molecule has 0 saturated carbocycles. The minimum Gasteiger partial charge on any atom is -0.368 e. The highest BCUT2D eigenvalue weighted by molar-refractivity contribution is 7.90. The Labute approximate surface area is 161 Å². The van der Waals surface area contributed by atoms with E-state index in [1.807, 2.05) is 36.4 Å². The first kappa shape index (κ1) is 19.3. The van der Waals surface area contributed by atoms with Crippen LogP contribution in [-0.2, 0) is 20.8 Å². The number of rotatable bonds is 5. The molecule has 3 aromatic rings. The Morgan fingerprint density at radius 2 is 1.81 bits per heavy atom. The summed E-state index contributed by atoms with van der Waals surface area (Å²) in [5.74, 6) is -0.0693. The predicted octanol–water partition coefficient (Wildman–Crippen LogP) is 2.97. The van der Waals surface area contributed by atoms with Crippen molar-refractivity contribution in [2.45, 2.75) is 19.1 Å². The van der Waals surface area contributed by atoms with Crippen molar-refractivity contribution in [2.75, 3.05) is 12.0 Å². The van der Waals surface area contributed by atoms with Crippen molar-refractivity contribution < 1.29 is 12.6 Å². The number of hydrogen-bond acceptors (Lipinski definition) is 5. The molecule has 1 aromatic heterocycles. The second kappa shape index (κ2) is 7.28. The van der Waals surface area contributed by atoms with E-state index in [1.165, 1.54) is 0 Å². The summed E-state index contributed by atoms with van der Waals surface area (Å²) in [5.41, 5.74) is 9.18. The third kappa shape index (κ3) is 3.68. The standard InChI is InChI=1S/C19H21N3O3S2/c1-13(2)27(24,25)22-18-11-15(9-10-17(18)21-19(22)20)16(12-26(3)23)14-7-5-4-6-8-14/h4-13H,1-3H3,(H2,20,21)/b16-12+. The van der Waals surface area contributed by atoms with Gasteiger partial charge >= 0.3 is 0 Å². The molecular formula is C19H21N3O3S2. The highest BCUT2D eigenvalue weighted by atomic mass is 32.2. The number of nitrogens with two attached hydrogens (primary N) is 1. The summed E-state index contributed by atoms with van der Waals surface area (Å²) >= 11 is 0. The molecule has 3 rings (SSSR count). The minimum absolute atomic E-state index is 0.0693. The van der Waals surface area contributed by atoms with Gasteiger partial charge in [0.2, 0.25) is 16.0 Å². The molecule has 0 aliphatic carbocycles. The molecule has 1 atom stereocenters. The summed E-state index contributed by atoms with van der Waals surface area (Å²) in [5, 5.41) is 1.01. The molecule has 0 bridgehead atoms. The first-order chi connectivity index (χ1) is 12.7. The molecule has 0 aliphatic heterocycles. The Balaban J connectivity index is 2.28. The third-order valence-corrected chi connectivity index (χ3v) is 6.82. The molecule has 2 N–H and O–H groups in total. The van der Waals surface area contributed by atoms with Crippen molar-refractivity contribution in [1.82, 2.24) is 8.96 Å². The van der Waals surface area contributed by atoms with Gasteiger partial charge in [-0.25, -0.2) is 17.4 Å². The lowest BCUT2D eigenvalue weighted by atomic mass is 9.99. The minimum atomic E-state index is -3.67. The molecule has 1 heterocycles. The molecule has 1 unspecified atom stereocenters. The summed E-state index contributed by atoms with van der Waals surface area (Å²) < 4.78 is 38.4. The van der Waals surface area contributed by atoms with Crippen LogP contribution in [0.4, 0.5) is 5.95 Å². The van der Waals surface area contributed by atoms with E-state index in [1.54, 1.807) is 37.6 Å². The molecule has 0 spiro atoms. The zero-order chi connectivity index (χ0) is 19.8.